The Kier molecular flexibility index (Phi) is 11.5. The van der Waals surface area contributed by atoms with Crippen LogP contribution >= 0.6 is 11.3 Å². The molecule has 0 aliphatic carbocycles. The number of hydrogen-bond donors (Lipinski definition) is 5. The van der Waals surface area contributed by atoms with Crippen LogP contribution < -0.4 is 21.5 Å². The number of ketones is 1. The molecule has 0 aliphatic rings. The number of carboxylic acids is 1. The van der Waals surface area contributed by atoms with Crippen LogP contribution in [0.4, 0.5) is 5.69 Å². The number of hydrogen-bond acceptors (Lipinski definition) is 8. The van der Waals surface area contributed by atoms with Crippen LogP contribution in [0.15, 0.2) is 45.6 Å². The zero-order chi connectivity index (χ0) is 27.4. The highest BCUT2D eigenvalue weighted by atomic mass is 32.2. The number of unbranched alkanes of at least 4 members (excludes halogenated alkanes) is 1. The number of carboxylic acid groups (broad SMARTS) is 1. The largest absolute Gasteiger partial charge is 0.480 e. The molecule has 7 N–H and O–H groups in total. The molecule has 0 saturated heterocycles. The van der Waals surface area contributed by atoms with E-state index < -0.39 is 27.9 Å². The zero-order valence-corrected chi connectivity index (χ0v) is 21.9. The number of amides is 1. The van der Waals surface area contributed by atoms with E-state index in [9.17, 15) is 27.9 Å². The molecule has 0 fully saturated rings. The number of anilines is 1. The average Bonchev–Trinajstić information content (AvgIpc) is 3.30. The first-order chi connectivity index (χ1) is 17.5. The lowest BCUT2D eigenvalue weighted by Gasteiger charge is -2.15. The fourth-order valence-electron chi connectivity index (χ4n) is 3.27. The number of nitrogens with zero attached hydrogens (tertiary/aromatic N) is 1. The Bertz CT molecular complexity index is 1220. The van der Waals surface area contributed by atoms with Crippen molar-refractivity contribution in [2.75, 3.05) is 25.0 Å². The molecule has 1 amide bonds. The molecule has 14 heteroatoms. The van der Waals surface area contributed by atoms with Gasteiger partial charge in [0.05, 0.1) is 10.6 Å². The Hall–Kier alpha value is -3.49. The molecule has 37 heavy (non-hydrogen) atoms. The van der Waals surface area contributed by atoms with E-state index in [4.69, 9.17) is 16.2 Å². The van der Waals surface area contributed by atoms with Crippen LogP contribution in [0.2, 0.25) is 0 Å². The van der Waals surface area contributed by atoms with Gasteiger partial charge in [-0.2, -0.15) is 0 Å². The SMILES string of the molecule is COCCCCC(=O)c1cccc(S(=O)(=O)Nc2ccsc2C(=O)N[C@@H](CCCN=C(N)N)C(=O)O)c1. The summed E-state index contributed by atoms with van der Waals surface area (Å²) in [6.07, 6.45) is 1.95. The normalized spacial score (nSPS) is 11.9. The van der Waals surface area contributed by atoms with Gasteiger partial charge in [0.25, 0.3) is 15.9 Å². The number of aliphatic carboxylic acids is 1. The molecule has 1 aromatic carbocycles. The first-order valence-corrected chi connectivity index (χ1v) is 13.7. The number of nitrogens with two attached hydrogens (primary N) is 2. The maximum atomic E-state index is 13.0. The Morgan fingerprint density at radius 2 is 1.92 bits per heavy atom. The molecule has 2 rings (SSSR count). The van der Waals surface area contributed by atoms with Crippen molar-refractivity contribution < 1.29 is 32.6 Å². The number of methoxy groups -OCH3 is 1. The minimum absolute atomic E-state index is 0.00979. The smallest absolute Gasteiger partial charge is 0.326 e. The van der Waals surface area contributed by atoms with Crippen LogP contribution in [-0.2, 0) is 19.6 Å². The second-order valence-corrected chi connectivity index (χ2v) is 10.6. The lowest BCUT2D eigenvalue weighted by molar-refractivity contribution is -0.139. The maximum absolute atomic E-state index is 13.0. The van der Waals surface area contributed by atoms with Gasteiger partial charge in [0.1, 0.15) is 10.9 Å². The van der Waals surface area contributed by atoms with Gasteiger partial charge < -0.3 is 26.6 Å². The number of guanidine groups is 1. The summed E-state index contributed by atoms with van der Waals surface area (Å²) in [5, 5.41) is 13.3. The number of thiophene rings is 1. The van der Waals surface area contributed by atoms with Crippen molar-refractivity contribution in [2.24, 2.45) is 16.5 Å². The van der Waals surface area contributed by atoms with E-state index in [0.717, 1.165) is 11.3 Å². The summed E-state index contributed by atoms with van der Waals surface area (Å²) in [5.74, 6) is -2.31. The van der Waals surface area contributed by atoms with E-state index >= 15 is 0 Å². The standard InChI is InChI=1S/C23H31N5O7S2/c1-35-12-3-2-9-19(29)15-6-4-7-16(14-15)37(33,34)28-17-10-13-36-20(17)21(30)27-18(22(31)32)8-5-11-26-23(24)25/h4,6-7,10,13-14,18,28H,2-3,5,8-9,11-12H2,1H3,(H,27,30)(H,31,32)(H4,24,25,26)/t18-/m0/s1. The molecule has 2 aromatic rings. The van der Waals surface area contributed by atoms with Crippen molar-refractivity contribution in [3.63, 3.8) is 0 Å². The Morgan fingerprint density at radius 3 is 2.59 bits per heavy atom. The van der Waals surface area contributed by atoms with E-state index in [1.165, 1.54) is 29.6 Å². The van der Waals surface area contributed by atoms with Gasteiger partial charge in [-0.05, 0) is 49.3 Å². The molecule has 0 unspecified atom stereocenters. The number of nitrogens with one attached hydrogen (secondary N) is 2. The summed E-state index contributed by atoms with van der Waals surface area (Å²) in [5.41, 5.74) is 10.7. The van der Waals surface area contributed by atoms with Crippen molar-refractivity contribution in [3.8, 4) is 0 Å². The molecule has 1 aromatic heterocycles. The number of aliphatic imine (C=N–C) groups is 1. The minimum atomic E-state index is -4.15. The lowest BCUT2D eigenvalue weighted by Crippen LogP contribution is -2.40. The number of Topliss-reactive ketones (excluding diaryl/α,β-unsaturated/α-hetero) is 1. The lowest BCUT2D eigenvalue weighted by atomic mass is 10.1. The topological polar surface area (TPSA) is 203 Å². The van der Waals surface area contributed by atoms with Gasteiger partial charge in [0, 0.05) is 32.2 Å². The highest BCUT2D eigenvalue weighted by Gasteiger charge is 2.25. The summed E-state index contributed by atoms with van der Waals surface area (Å²) < 4.78 is 33.4. The fourth-order valence-corrected chi connectivity index (χ4v) is 5.20. The van der Waals surface area contributed by atoms with Gasteiger partial charge in [0.2, 0.25) is 0 Å². The van der Waals surface area contributed by atoms with Crippen molar-refractivity contribution >= 4 is 50.7 Å². The second-order valence-electron chi connectivity index (χ2n) is 7.98. The summed E-state index contributed by atoms with van der Waals surface area (Å²) in [6, 6.07) is 5.81. The van der Waals surface area contributed by atoms with E-state index in [-0.39, 0.29) is 52.2 Å². The predicted molar refractivity (Wildman–Crippen MR) is 140 cm³/mol. The molecule has 0 aliphatic heterocycles. The first-order valence-electron chi connectivity index (χ1n) is 11.4. The van der Waals surface area contributed by atoms with Crippen molar-refractivity contribution in [1.29, 1.82) is 0 Å². The monoisotopic (exact) mass is 553 g/mol. The molecular formula is C23H31N5O7S2. The van der Waals surface area contributed by atoms with Crippen LogP contribution in [0.5, 0.6) is 0 Å². The Balaban J connectivity index is 2.11. The van der Waals surface area contributed by atoms with Gasteiger partial charge in [0.15, 0.2) is 11.7 Å². The predicted octanol–water partition coefficient (Wildman–Crippen LogP) is 1.78. The summed E-state index contributed by atoms with van der Waals surface area (Å²) in [4.78, 5) is 40.4. The third-order valence-corrected chi connectivity index (χ3v) is 7.41. The van der Waals surface area contributed by atoms with Crippen molar-refractivity contribution in [2.45, 2.75) is 43.0 Å². The van der Waals surface area contributed by atoms with Crippen LogP contribution in [-0.4, -0.2) is 63.4 Å². The first kappa shape index (κ1) is 29.7. The van der Waals surface area contributed by atoms with Crippen LogP contribution in [0.25, 0.3) is 0 Å². The number of rotatable bonds is 16. The zero-order valence-electron chi connectivity index (χ0n) is 20.3. The van der Waals surface area contributed by atoms with Gasteiger partial charge >= 0.3 is 5.97 Å². The van der Waals surface area contributed by atoms with E-state index in [1.54, 1.807) is 13.2 Å². The van der Waals surface area contributed by atoms with Crippen molar-refractivity contribution in [3.05, 3.63) is 46.2 Å². The summed E-state index contributed by atoms with van der Waals surface area (Å²) >= 11 is 0.949. The molecule has 12 nitrogen and oxygen atoms in total. The summed E-state index contributed by atoms with van der Waals surface area (Å²) in [6.45, 7) is 0.730. The van der Waals surface area contributed by atoms with Crippen LogP contribution in [0.3, 0.4) is 0 Å². The molecule has 0 spiro atoms. The number of ether oxygens (including phenoxy) is 1. The fraction of sp³-hybridized carbons (Fsp3) is 0.391. The molecule has 202 valence electrons. The average molecular weight is 554 g/mol. The van der Waals surface area contributed by atoms with E-state index in [1.807, 2.05) is 0 Å². The quantitative estimate of drug-likeness (QED) is 0.0888. The molecule has 0 radical (unpaired) electrons. The van der Waals surface area contributed by atoms with E-state index in [2.05, 4.69) is 15.0 Å². The minimum Gasteiger partial charge on any atom is -0.480 e. The molecule has 0 bridgehead atoms. The molecule has 1 heterocycles. The number of carbonyl (C=O) groups is 3. The van der Waals surface area contributed by atoms with Gasteiger partial charge in [-0.15, -0.1) is 11.3 Å². The molecule has 1 atom stereocenters. The highest BCUT2D eigenvalue weighted by molar-refractivity contribution is 7.92. The summed E-state index contributed by atoms with van der Waals surface area (Å²) in [7, 11) is -2.57. The Morgan fingerprint density at radius 1 is 1.16 bits per heavy atom. The third kappa shape index (κ3) is 9.48. The van der Waals surface area contributed by atoms with Crippen LogP contribution in [0.1, 0.15) is 52.1 Å². The highest BCUT2D eigenvalue weighted by Crippen LogP contribution is 2.26. The second kappa shape index (κ2) is 14.3. The van der Waals surface area contributed by atoms with Gasteiger partial charge in [-0.25, -0.2) is 13.2 Å². The van der Waals surface area contributed by atoms with Crippen molar-refractivity contribution in [1.82, 2.24) is 5.32 Å². The van der Waals surface area contributed by atoms with E-state index in [0.29, 0.717) is 25.9 Å². The number of sulfonamides is 1. The Labute approximate surface area is 219 Å². The molecular weight excluding hydrogens is 522 g/mol. The number of carbonyl (C=O) groups excluding carboxylic acids is 2. The van der Waals surface area contributed by atoms with Crippen LogP contribution in [0, 0.1) is 0 Å². The van der Waals surface area contributed by atoms with Gasteiger partial charge in [-0.1, -0.05) is 12.1 Å². The molecule has 0 saturated carbocycles. The maximum Gasteiger partial charge on any atom is 0.326 e. The number of benzene rings is 1. The third-order valence-electron chi connectivity index (χ3n) is 5.13. The van der Waals surface area contributed by atoms with Gasteiger partial charge in [-0.3, -0.25) is 19.3 Å².